The van der Waals surface area contributed by atoms with E-state index >= 15 is 0 Å². The molecule has 3 aromatic rings. The number of nitrogens with one attached hydrogen (secondary N) is 1. The van der Waals surface area contributed by atoms with E-state index < -0.39 is 20.5 Å². The van der Waals surface area contributed by atoms with Crippen molar-refractivity contribution in [1.82, 2.24) is 9.55 Å². The van der Waals surface area contributed by atoms with Gasteiger partial charge in [0.2, 0.25) is 5.91 Å². The lowest BCUT2D eigenvalue weighted by Crippen LogP contribution is -2.47. The number of halogens is 1. The third kappa shape index (κ3) is 3.97. The highest BCUT2D eigenvalue weighted by molar-refractivity contribution is 7.93. The molecule has 8 heteroatoms. The molecule has 1 aliphatic heterocycles. The van der Waals surface area contributed by atoms with Gasteiger partial charge >= 0.3 is 0 Å². The van der Waals surface area contributed by atoms with E-state index in [9.17, 15) is 13.2 Å². The highest BCUT2D eigenvalue weighted by atomic mass is 35.5. The van der Waals surface area contributed by atoms with Crippen molar-refractivity contribution in [3.8, 4) is 11.3 Å². The van der Waals surface area contributed by atoms with Crippen molar-refractivity contribution in [2.24, 2.45) is 0 Å². The minimum atomic E-state index is -3.87. The first kappa shape index (κ1) is 22.2. The Kier molecular flexibility index (Phi) is 5.79. The van der Waals surface area contributed by atoms with Crippen LogP contribution in [0.2, 0.25) is 5.02 Å². The Morgan fingerprint density at radius 1 is 0.970 bits per heavy atom. The number of sulfone groups is 1. The van der Waals surface area contributed by atoms with Crippen LogP contribution < -0.4 is 5.32 Å². The lowest BCUT2D eigenvalue weighted by Gasteiger charge is -2.27. The summed E-state index contributed by atoms with van der Waals surface area (Å²) in [5.41, 5.74) is 2.46. The number of aromatic nitrogens is 2. The largest absolute Gasteiger partial charge is 0.334 e. The molecule has 1 aromatic heterocycles. The second-order valence-electron chi connectivity index (χ2n) is 8.88. The maximum absolute atomic E-state index is 13.5. The summed E-state index contributed by atoms with van der Waals surface area (Å²) in [7, 11) is -3.87. The topological polar surface area (TPSA) is 81.1 Å². The normalized spacial score (nSPS) is 17.5. The number of amides is 1. The number of rotatable bonds is 5. The predicted octanol–water partition coefficient (Wildman–Crippen LogP) is 5.27. The Balaban J connectivity index is 1.38. The molecule has 2 heterocycles. The van der Waals surface area contributed by atoms with Gasteiger partial charge in [-0.1, -0.05) is 36.6 Å². The summed E-state index contributed by atoms with van der Waals surface area (Å²) in [5.74, 6) is 0.643. The number of hydrogen-bond acceptors (Lipinski definition) is 4. The molecular formula is C25H26ClN3O3S. The van der Waals surface area contributed by atoms with E-state index in [4.69, 9.17) is 16.6 Å². The minimum Gasteiger partial charge on any atom is -0.334 e. The lowest BCUT2D eigenvalue weighted by atomic mass is 10.1. The highest BCUT2D eigenvalue weighted by Gasteiger charge is 2.52. The molecule has 0 unspecified atom stereocenters. The number of aryl methyl sites for hydroxylation is 2. The van der Waals surface area contributed by atoms with Crippen molar-refractivity contribution < 1.29 is 13.2 Å². The molecule has 1 N–H and O–H groups in total. The Bertz CT molecular complexity index is 1250. The Morgan fingerprint density at radius 3 is 2.33 bits per heavy atom. The van der Waals surface area contributed by atoms with Gasteiger partial charge in [0.15, 0.2) is 14.6 Å². The van der Waals surface area contributed by atoms with E-state index in [0.717, 1.165) is 30.0 Å². The van der Waals surface area contributed by atoms with Crippen LogP contribution in [0.15, 0.2) is 59.6 Å². The van der Waals surface area contributed by atoms with Gasteiger partial charge in [0.1, 0.15) is 5.82 Å². The van der Waals surface area contributed by atoms with Gasteiger partial charge in [0.05, 0.1) is 10.6 Å². The Labute approximate surface area is 198 Å². The van der Waals surface area contributed by atoms with Gasteiger partial charge in [0.25, 0.3) is 0 Å². The fraction of sp³-hybridized carbons (Fsp3) is 0.360. The number of imidazole rings is 1. The molecule has 6 nitrogen and oxygen atoms in total. The first-order chi connectivity index (χ1) is 15.9. The van der Waals surface area contributed by atoms with Crippen molar-refractivity contribution in [3.63, 3.8) is 0 Å². The van der Waals surface area contributed by atoms with E-state index in [1.54, 1.807) is 12.1 Å². The van der Waals surface area contributed by atoms with Crippen molar-refractivity contribution in [3.05, 3.63) is 65.6 Å². The zero-order valence-corrected chi connectivity index (χ0v) is 19.8. The van der Waals surface area contributed by atoms with Crippen molar-refractivity contribution in [1.29, 1.82) is 0 Å². The molecule has 0 radical (unpaired) electrons. The molecule has 0 spiro atoms. The summed E-state index contributed by atoms with van der Waals surface area (Å²) in [5, 5.41) is 3.33. The molecule has 1 aliphatic carbocycles. The van der Waals surface area contributed by atoms with Crippen LogP contribution in [-0.4, -0.2) is 28.6 Å². The van der Waals surface area contributed by atoms with Gasteiger partial charge in [-0.2, -0.15) is 0 Å². The summed E-state index contributed by atoms with van der Waals surface area (Å²) >= 11 is 5.93. The summed E-state index contributed by atoms with van der Waals surface area (Å²) in [6.45, 7) is 1.00. The number of carbonyl (C=O) groups is 1. The van der Waals surface area contributed by atoms with Gasteiger partial charge in [-0.05, 0) is 62.1 Å². The van der Waals surface area contributed by atoms with E-state index in [1.807, 2.05) is 24.3 Å². The van der Waals surface area contributed by atoms with E-state index in [-0.39, 0.29) is 4.90 Å². The summed E-state index contributed by atoms with van der Waals surface area (Å²) in [6.07, 6.45) is 7.43. The fourth-order valence-corrected chi connectivity index (χ4v) is 7.12. The minimum absolute atomic E-state index is 0.128. The van der Waals surface area contributed by atoms with Crippen LogP contribution in [0, 0.1) is 0 Å². The third-order valence-corrected chi connectivity index (χ3v) is 9.58. The Morgan fingerprint density at radius 2 is 1.67 bits per heavy atom. The standard InChI is InChI=1S/C25H26ClN3O3S/c26-19-8-12-21(13-9-19)33(31,32)25(14-2-3-15-25)24(30)27-20-10-6-18(7-11-20)22-17-29-16-4-1-5-23(29)28-22/h6-13,17H,1-5,14-16H2,(H,27,30). The van der Waals surface area contributed by atoms with Crippen LogP contribution in [-0.2, 0) is 27.6 Å². The second kappa shape index (κ2) is 8.61. The van der Waals surface area contributed by atoms with Crippen molar-refractivity contribution >= 4 is 33.0 Å². The molecule has 172 valence electrons. The molecule has 0 atom stereocenters. The number of benzene rings is 2. The van der Waals surface area contributed by atoms with Crippen LogP contribution in [0.25, 0.3) is 11.3 Å². The van der Waals surface area contributed by atoms with E-state index in [0.29, 0.717) is 36.4 Å². The summed E-state index contributed by atoms with van der Waals surface area (Å²) in [6, 6.07) is 13.5. The zero-order valence-electron chi connectivity index (χ0n) is 18.3. The second-order valence-corrected chi connectivity index (χ2v) is 11.6. The number of hydrogen-bond donors (Lipinski definition) is 1. The van der Waals surface area contributed by atoms with Gasteiger partial charge in [-0.25, -0.2) is 13.4 Å². The van der Waals surface area contributed by atoms with Crippen molar-refractivity contribution in [2.75, 3.05) is 5.32 Å². The zero-order chi connectivity index (χ0) is 23.1. The molecule has 33 heavy (non-hydrogen) atoms. The molecule has 1 amide bonds. The first-order valence-corrected chi connectivity index (χ1v) is 13.2. The van der Waals surface area contributed by atoms with Gasteiger partial charge in [0, 0.05) is 35.4 Å². The van der Waals surface area contributed by atoms with Crippen LogP contribution in [0.5, 0.6) is 0 Å². The van der Waals surface area contributed by atoms with Gasteiger partial charge in [-0.15, -0.1) is 0 Å². The molecule has 1 saturated carbocycles. The average Bonchev–Trinajstić information content (AvgIpc) is 3.48. The molecule has 1 fully saturated rings. The average molecular weight is 484 g/mol. The molecule has 2 aliphatic rings. The number of carbonyl (C=O) groups excluding carboxylic acids is 1. The van der Waals surface area contributed by atoms with Crippen LogP contribution in [0.3, 0.4) is 0 Å². The van der Waals surface area contributed by atoms with Gasteiger partial charge < -0.3 is 9.88 Å². The fourth-order valence-electron chi connectivity index (χ4n) is 4.92. The summed E-state index contributed by atoms with van der Waals surface area (Å²) in [4.78, 5) is 18.3. The summed E-state index contributed by atoms with van der Waals surface area (Å²) < 4.78 is 27.8. The maximum atomic E-state index is 13.5. The van der Waals surface area contributed by atoms with E-state index in [1.165, 1.54) is 25.0 Å². The number of fused-ring (bicyclic) bond motifs is 1. The van der Waals surface area contributed by atoms with Gasteiger partial charge in [-0.3, -0.25) is 4.79 Å². The SMILES string of the molecule is O=C(Nc1ccc(-c2cn3c(n2)CCCC3)cc1)C1(S(=O)(=O)c2ccc(Cl)cc2)CCCC1. The lowest BCUT2D eigenvalue weighted by molar-refractivity contribution is -0.118. The molecule has 5 rings (SSSR count). The third-order valence-electron chi connectivity index (χ3n) is 6.81. The van der Waals surface area contributed by atoms with Crippen LogP contribution >= 0.6 is 11.6 Å². The molecule has 2 aromatic carbocycles. The number of nitrogens with zero attached hydrogens (tertiary/aromatic N) is 2. The molecule has 0 bridgehead atoms. The van der Waals surface area contributed by atoms with Crippen molar-refractivity contribution in [2.45, 2.75) is 61.1 Å². The Hall–Kier alpha value is -2.64. The maximum Gasteiger partial charge on any atom is 0.246 e. The number of anilines is 1. The van der Waals surface area contributed by atoms with Crippen LogP contribution in [0.4, 0.5) is 5.69 Å². The smallest absolute Gasteiger partial charge is 0.246 e. The molecule has 0 saturated heterocycles. The molecular weight excluding hydrogens is 458 g/mol. The first-order valence-electron chi connectivity index (χ1n) is 11.4. The predicted molar refractivity (Wildman–Crippen MR) is 129 cm³/mol. The van der Waals surface area contributed by atoms with E-state index in [2.05, 4.69) is 16.1 Å². The highest BCUT2D eigenvalue weighted by Crippen LogP contribution is 2.41. The quantitative estimate of drug-likeness (QED) is 0.536. The van der Waals surface area contributed by atoms with Crippen LogP contribution in [0.1, 0.15) is 44.3 Å². The monoisotopic (exact) mass is 483 g/mol.